The predicted octanol–water partition coefficient (Wildman–Crippen LogP) is 5.18. The fourth-order valence-electron chi connectivity index (χ4n) is 3.65. The Labute approximate surface area is 185 Å². The van der Waals surface area contributed by atoms with Gasteiger partial charge in [-0.15, -0.1) is 0 Å². The van der Waals surface area contributed by atoms with Crippen molar-refractivity contribution in [1.82, 2.24) is 9.55 Å². The van der Waals surface area contributed by atoms with Gasteiger partial charge in [-0.1, -0.05) is 43.7 Å². The number of anilines is 1. The third kappa shape index (κ3) is 4.59. The number of pyridine rings is 2. The maximum atomic E-state index is 14.2. The van der Waals surface area contributed by atoms with E-state index in [0.29, 0.717) is 22.3 Å². The number of benzene rings is 2. The second-order valence-corrected chi connectivity index (χ2v) is 7.71. The smallest absolute Gasteiger partial charge is 0.265 e. The summed E-state index contributed by atoms with van der Waals surface area (Å²) in [5.74, 6) is -0.925. The quantitative estimate of drug-likeness (QED) is 0.440. The molecular weight excluding hydrogens is 405 g/mol. The predicted molar refractivity (Wildman–Crippen MR) is 125 cm³/mol. The SMILES string of the molecule is CCCCc1ccc(NC(=O)c2cc3cccnc3n(Cc3ccccc3F)c2=O)cc1. The van der Waals surface area contributed by atoms with Gasteiger partial charge >= 0.3 is 0 Å². The van der Waals surface area contributed by atoms with Gasteiger partial charge in [-0.2, -0.15) is 0 Å². The van der Waals surface area contributed by atoms with Crippen molar-refractivity contribution in [2.24, 2.45) is 0 Å². The van der Waals surface area contributed by atoms with Crippen molar-refractivity contribution in [2.75, 3.05) is 5.32 Å². The molecule has 0 bridgehead atoms. The van der Waals surface area contributed by atoms with Crippen molar-refractivity contribution < 1.29 is 9.18 Å². The molecular formula is C26H24FN3O2. The molecule has 0 aliphatic heterocycles. The van der Waals surface area contributed by atoms with Gasteiger partial charge in [-0.05, 0) is 54.8 Å². The van der Waals surface area contributed by atoms with Gasteiger partial charge in [0.1, 0.15) is 17.0 Å². The fourth-order valence-corrected chi connectivity index (χ4v) is 3.65. The molecule has 2 heterocycles. The van der Waals surface area contributed by atoms with Crippen LogP contribution in [0.1, 0.15) is 41.3 Å². The van der Waals surface area contributed by atoms with Crippen LogP contribution in [-0.4, -0.2) is 15.5 Å². The molecule has 0 atom stereocenters. The monoisotopic (exact) mass is 429 g/mol. The first-order valence-electron chi connectivity index (χ1n) is 10.7. The summed E-state index contributed by atoms with van der Waals surface area (Å²) in [6.45, 7) is 2.12. The highest BCUT2D eigenvalue weighted by atomic mass is 19.1. The number of hydrogen-bond donors (Lipinski definition) is 1. The van der Waals surface area contributed by atoms with Crippen LogP contribution in [0.2, 0.25) is 0 Å². The van der Waals surface area contributed by atoms with Crippen LogP contribution in [0, 0.1) is 5.82 Å². The summed E-state index contributed by atoms with van der Waals surface area (Å²) in [5, 5.41) is 3.43. The summed E-state index contributed by atoms with van der Waals surface area (Å²) < 4.78 is 15.6. The van der Waals surface area contributed by atoms with E-state index in [-0.39, 0.29) is 12.1 Å². The number of amides is 1. The second kappa shape index (κ2) is 9.56. The number of carbonyl (C=O) groups excluding carboxylic acids is 1. The first-order chi connectivity index (χ1) is 15.6. The van der Waals surface area contributed by atoms with Gasteiger partial charge in [-0.3, -0.25) is 14.2 Å². The van der Waals surface area contributed by atoms with Gasteiger partial charge in [0.15, 0.2) is 0 Å². The Hall–Kier alpha value is -3.80. The van der Waals surface area contributed by atoms with Crippen LogP contribution in [0.3, 0.4) is 0 Å². The number of hydrogen-bond acceptors (Lipinski definition) is 3. The lowest BCUT2D eigenvalue weighted by Gasteiger charge is -2.13. The number of fused-ring (bicyclic) bond motifs is 1. The number of nitrogens with zero attached hydrogens (tertiary/aromatic N) is 2. The molecule has 6 heteroatoms. The molecule has 32 heavy (non-hydrogen) atoms. The average molecular weight is 429 g/mol. The number of aryl methyl sites for hydroxylation is 1. The standard InChI is InChI=1S/C26H24FN3O2/c1-2-3-7-18-11-13-21(14-12-18)29-25(31)22-16-19-9-6-15-28-24(19)30(26(22)32)17-20-8-4-5-10-23(20)27/h4-6,8-16H,2-3,7,17H2,1H3,(H,29,31). The Morgan fingerprint density at radius 2 is 1.84 bits per heavy atom. The lowest BCUT2D eigenvalue weighted by atomic mass is 10.1. The third-order valence-corrected chi connectivity index (χ3v) is 5.41. The fraction of sp³-hybridized carbons (Fsp3) is 0.192. The number of carbonyl (C=O) groups is 1. The van der Waals surface area contributed by atoms with E-state index in [2.05, 4.69) is 17.2 Å². The van der Waals surface area contributed by atoms with E-state index < -0.39 is 17.3 Å². The Balaban J connectivity index is 1.68. The van der Waals surface area contributed by atoms with E-state index in [0.717, 1.165) is 19.3 Å². The Kier molecular flexibility index (Phi) is 6.40. The van der Waals surface area contributed by atoms with Gasteiger partial charge in [0, 0.05) is 22.8 Å². The normalized spacial score (nSPS) is 10.9. The zero-order valence-electron chi connectivity index (χ0n) is 17.8. The molecule has 1 N–H and O–H groups in total. The van der Waals surface area contributed by atoms with Crippen LogP contribution in [0.15, 0.2) is 77.7 Å². The number of unbranched alkanes of at least 4 members (excludes halogenated alkanes) is 1. The molecule has 0 spiro atoms. The highest BCUT2D eigenvalue weighted by molar-refractivity contribution is 6.05. The minimum atomic E-state index is -0.517. The third-order valence-electron chi connectivity index (χ3n) is 5.41. The highest BCUT2D eigenvalue weighted by Gasteiger charge is 2.17. The van der Waals surface area contributed by atoms with Crippen LogP contribution in [0.4, 0.5) is 10.1 Å². The van der Waals surface area contributed by atoms with Crippen molar-refractivity contribution in [3.05, 3.63) is 106 Å². The van der Waals surface area contributed by atoms with Crippen molar-refractivity contribution >= 4 is 22.6 Å². The number of rotatable bonds is 7. The highest BCUT2D eigenvalue weighted by Crippen LogP contribution is 2.17. The molecule has 4 rings (SSSR count). The van der Waals surface area contributed by atoms with E-state index >= 15 is 0 Å². The molecule has 0 saturated carbocycles. The summed E-state index contributed by atoms with van der Waals surface area (Å²) in [6, 6.07) is 18.9. The second-order valence-electron chi connectivity index (χ2n) is 7.71. The van der Waals surface area contributed by atoms with Crippen LogP contribution in [-0.2, 0) is 13.0 Å². The first-order valence-corrected chi connectivity index (χ1v) is 10.7. The van der Waals surface area contributed by atoms with Crippen molar-refractivity contribution in [1.29, 1.82) is 0 Å². The maximum Gasteiger partial charge on any atom is 0.265 e. The van der Waals surface area contributed by atoms with Crippen molar-refractivity contribution in [3.63, 3.8) is 0 Å². The summed E-state index contributed by atoms with van der Waals surface area (Å²) >= 11 is 0. The molecule has 0 aliphatic carbocycles. The first kappa shape index (κ1) is 21.4. The summed E-state index contributed by atoms with van der Waals surface area (Å²) in [5.41, 5.74) is 2.03. The van der Waals surface area contributed by atoms with Crippen molar-refractivity contribution in [3.8, 4) is 0 Å². The summed E-state index contributed by atoms with van der Waals surface area (Å²) in [7, 11) is 0. The summed E-state index contributed by atoms with van der Waals surface area (Å²) in [6.07, 6.45) is 4.79. The molecule has 2 aromatic heterocycles. The Morgan fingerprint density at radius 1 is 1.06 bits per heavy atom. The molecule has 5 nitrogen and oxygen atoms in total. The molecule has 2 aromatic carbocycles. The molecule has 4 aromatic rings. The largest absolute Gasteiger partial charge is 0.322 e. The maximum absolute atomic E-state index is 14.2. The van der Waals surface area contributed by atoms with E-state index in [1.165, 1.54) is 22.3 Å². The van der Waals surface area contributed by atoms with E-state index in [1.807, 2.05) is 24.3 Å². The topological polar surface area (TPSA) is 64.0 Å². The van der Waals surface area contributed by atoms with Gasteiger partial charge in [-0.25, -0.2) is 9.37 Å². The zero-order valence-corrected chi connectivity index (χ0v) is 17.8. The lowest BCUT2D eigenvalue weighted by Crippen LogP contribution is -2.30. The molecule has 0 radical (unpaired) electrons. The van der Waals surface area contributed by atoms with Gasteiger partial charge in [0.25, 0.3) is 11.5 Å². The van der Waals surface area contributed by atoms with Crippen molar-refractivity contribution in [2.45, 2.75) is 32.7 Å². The summed E-state index contributed by atoms with van der Waals surface area (Å²) in [4.78, 5) is 30.5. The van der Waals surface area contributed by atoms with Gasteiger partial charge in [0.2, 0.25) is 0 Å². The Morgan fingerprint density at radius 3 is 2.59 bits per heavy atom. The number of aromatic nitrogens is 2. The van der Waals surface area contributed by atoms with Crippen LogP contribution >= 0.6 is 0 Å². The van der Waals surface area contributed by atoms with Crippen LogP contribution in [0.25, 0.3) is 11.0 Å². The lowest BCUT2D eigenvalue weighted by molar-refractivity contribution is 0.102. The molecule has 0 unspecified atom stereocenters. The molecule has 1 amide bonds. The van der Waals surface area contributed by atoms with E-state index in [1.54, 1.807) is 36.5 Å². The molecule has 0 saturated heterocycles. The average Bonchev–Trinajstić information content (AvgIpc) is 2.81. The number of nitrogens with one attached hydrogen (secondary N) is 1. The Bertz CT molecular complexity index is 1310. The van der Waals surface area contributed by atoms with E-state index in [9.17, 15) is 14.0 Å². The molecule has 162 valence electrons. The molecule has 0 aliphatic rings. The van der Waals surface area contributed by atoms with Crippen LogP contribution < -0.4 is 10.9 Å². The molecule has 0 fully saturated rings. The van der Waals surface area contributed by atoms with Gasteiger partial charge < -0.3 is 5.32 Å². The minimum Gasteiger partial charge on any atom is -0.322 e. The van der Waals surface area contributed by atoms with E-state index in [4.69, 9.17) is 0 Å². The van der Waals surface area contributed by atoms with Crippen LogP contribution in [0.5, 0.6) is 0 Å². The minimum absolute atomic E-state index is 0.0168. The van der Waals surface area contributed by atoms with Gasteiger partial charge in [0.05, 0.1) is 6.54 Å². The number of halogens is 1. The zero-order chi connectivity index (χ0) is 22.5.